The standard InChI is InChI=1S/C21H23N5/c1-3-8-18(9-4-1)16-26-17-20(15-23-25-12-5-2-6-13-25)21(24-26)19-10-7-11-22-14-19/h1,3-4,7-11,14-15,17H,2,5-6,12-13,16H2/b23-15-. The Morgan fingerprint density at radius 1 is 1.00 bits per heavy atom. The third kappa shape index (κ3) is 3.99. The van der Waals surface area contributed by atoms with Gasteiger partial charge >= 0.3 is 0 Å². The summed E-state index contributed by atoms with van der Waals surface area (Å²) in [4.78, 5) is 4.24. The highest BCUT2D eigenvalue weighted by molar-refractivity contribution is 5.88. The van der Waals surface area contributed by atoms with E-state index in [0.29, 0.717) is 0 Å². The second-order valence-corrected chi connectivity index (χ2v) is 6.62. The Bertz CT molecular complexity index is 849. The van der Waals surface area contributed by atoms with E-state index in [-0.39, 0.29) is 0 Å². The van der Waals surface area contributed by atoms with E-state index in [1.165, 1.54) is 24.8 Å². The monoisotopic (exact) mass is 345 g/mol. The largest absolute Gasteiger partial charge is 0.297 e. The molecule has 2 aromatic heterocycles. The molecule has 0 aliphatic carbocycles. The van der Waals surface area contributed by atoms with Crippen molar-refractivity contribution in [3.05, 3.63) is 72.2 Å². The van der Waals surface area contributed by atoms with Crippen LogP contribution in [-0.2, 0) is 6.54 Å². The molecule has 0 bridgehead atoms. The van der Waals surface area contributed by atoms with Gasteiger partial charge in [0.05, 0.1) is 12.8 Å². The molecule has 0 unspecified atom stereocenters. The van der Waals surface area contributed by atoms with Gasteiger partial charge in [0.25, 0.3) is 0 Å². The van der Waals surface area contributed by atoms with Gasteiger partial charge in [0.15, 0.2) is 0 Å². The van der Waals surface area contributed by atoms with Crippen LogP contribution >= 0.6 is 0 Å². The Morgan fingerprint density at radius 2 is 1.85 bits per heavy atom. The Hall–Kier alpha value is -2.95. The maximum atomic E-state index is 4.81. The molecule has 3 heterocycles. The summed E-state index contributed by atoms with van der Waals surface area (Å²) in [7, 11) is 0. The maximum Gasteiger partial charge on any atom is 0.103 e. The van der Waals surface area contributed by atoms with Crippen LogP contribution in [-0.4, -0.2) is 39.1 Å². The molecule has 5 nitrogen and oxygen atoms in total. The fraction of sp³-hybridized carbons (Fsp3) is 0.286. The molecule has 0 atom stereocenters. The van der Waals surface area contributed by atoms with Crippen LogP contribution in [0.15, 0.2) is 66.2 Å². The van der Waals surface area contributed by atoms with E-state index in [0.717, 1.165) is 36.5 Å². The van der Waals surface area contributed by atoms with Gasteiger partial charge < -0.3 is 0 Å². The molecule has 1 aliphatic rings. The number of aromatic nitrogens is 3. The highest BCUT2D eigenvalue weighted by Gasteiger charge is 2.12. The number of hydrogen-bond donors (Lipinski definition) is 0. The number of nitrogens with zero attached hydrogens (tertiary/aromatic N) is 5. The molecule has 132 valence electrons. The molecule has 3 aromatic rings. The highest BCUT2D eigenvalue weighted by atomic mass is 15.4. The zero-order valence-electron chi connectivity index (χ0n) is 14.8. The zero-order valence-corrected chi connectivity index (χ0v) is 14.8. The van der Waals surface area contributed by atoms with Gasteiger partial charge in [-0.1, -0.05) is 30.3 Å². The lowest BCUT2D eigenvalue weighted by atomic mass is 10.1. The van der Waals surface area contributed by atoms with Gasteiger partial charge in [0, 0.05) is 42.8 Å². The predicted octanol–water partition coefficient (Wildman–Crippen LogP) is 3.81. The van der Waals surface area contributed by atoms with E-state index in [1.54, 1.807) is 6.20 Å². The first-order valence-corrected chi connectivity index (χ1v) is 9.19. The van der Waals surface area contributed by atoms with Gasteiger partial charge in [-0.3, -0.25) is 14.7 Å². The molecule has 1 fully saturated rings. The van der Waals surface area contributed by atoms with Crippen LogP contribution in [0.3, 0.4) is 0 Å². The van der Waals surface area contributed by atoms with Gasteiger partial charge in [-0.05, 0) is 37.0 Å². The van der Waals surface area contributed by atoms with Crippen molar-refractivity contribution in [1.29, 1.82) is 0 Å². The topological polar surface area (TPSA) is 46.3 Å². The van der Waals surface area contributed by atoms with E-state index >= 15 is 0 Å². The van der Waals surface area contributed by atoms with Crippen LogP contribution in [0.2, 0.25) is 0 Å². The first-order chi connectivity index (χ1) is 12.9. The SMILES string of the molecule is C(=N/N1CCCCC1)/c1cn(Cc2ccccc2)nc1-c1cccnc1. The molecular formula is C21H23N5. The summed E-state index contributed by atoms with van der Waals surface area (Å²) in [6.07, 6.45) is 11.4. The van der Waals surface area contributed by atoms with Crippen LogP contribution < -0.4 is 0 Å². The van der Waals surface area contributed by atoms with E-state index in [9.17, 15) is 0 Å². The first-order valence-electron chi connectivity index (χ1n) is 9.19. The number of rotatable bonds is 5. The number of pyridine rings is 1. The summed E-state index contributed by atoms with van der Waals surface area (Å²) in [6, 6.07) is 14.4. The van der Waals surface area contributed by atoms with E-state index in [2.05, 4.69) is 40.5 Å². The minimum atomic E-state index is 0.742. The Kier molecular flexibility index (Phi) is 5.05. The first kappa shape index (κ1) is 16.5. The van der Waals surface area contributed by atoms with Gasteiger partial charge in [0.2, 0.25) is 0 Å². The molecule has 0 amide bonds. The van der Waals surface area contributed by atoms with Crippen molar-refractivity contribution < 1.29 is 0 Å². The normalized spacial score (nSPS) is 14.8. The van der Waals surface area contributed by atoms with Gasteiger partial charge in [-0.2, -0.15) is 10.2 Å². The zero-order chi connectivity index (χ0) is 17.6. The van der Waals surface area contributed by atoms with Crippen molar-refractivity contribution in [2.45, 2.75) is 25.8 Å². The lowest BCUT2D eigenvalue weighted by molar-refractivity contribution is 0.240. The maximum absolute atomic E-state index is 4.81. The number of benzene rings is 1. The molecule has 0 saturated carbocycles. The molecule has 5 heteroatoms. The fourth-order valence-corrected chi connectivity index (χ4v) is 3.25. The fourth-order valence-electron chi connectivity index (χ4n) is 3.25. The minimum absolute atomic E-state index is 0.742. The Balaban J connectivity index is 1.63. The molecular weight excluding hydrogens is 322 g/mol. The van der Waals surface area contributed by atoms with Gasteiger partial charge in [-0.25, -0.2) is 0 Å². The van der Waals surface area contributed by atoms with E-state index in [1.807, 2.05) is 35.3 Å². The summed E-state index contributed by atoms with van der Waals surface area (Å²) in [6.45, 7) is 2.82. The summed E-state index contributed by atoms with van der Waals surface area (Å²) in [5.74, 6) is 0. The summed E-state index contributed by atoms with van der Waals surface area (Å²) < 4.78 is 1.98. The highest BCUT2D eigenvalue weighted by Crippen LogP contribution is 2.21. The molecule has 26 heavy (non-hydrogen) atoms. The van der Waals surface area contributed by atoms with Crippen LogP contribution in [0.5, 0.6) is 0 Å². The van der Waals surface area contributed by atoms with Crippen molar-refractivity contribution >= 4 is 6.21 Å². The number of hydrazone groups is 1. The lowest BCUT2D eigenvalue weighted by Gasteiger charge is -2.23. The number of hydrogen-bond acceptors (Lipinski definition) is 4. The Morgan fingerprint density at radius 3 is 2.62 bits per heavy atom. The quantitative estimate of drug-likeness (QED) is 0.661. The van der Waals surface area contributed by atoms with Crippen LogP contribution in [0.25, 0.3) is 11.3 Å². The minimum Gasteiger partial charge on any atom is -0.297 e. The smallest absolute Gasteiger partial charge is 0.103 e. The average Bonchev–Trinajstić information content (AvgIpc) is 3.11. The molecule has 1 aliphatic heterocycles. The average molecular weight is 345 g/mol. The molecule has 1 saturated heterocycles. The van der Waals surface area contributed by atoms with E-state index in [4.69, 9.17) is 10.2 Å². The van der Waals surface area contributed by atoms with Gasteiger partial charge in [-0.15, -0.1) is 0 Å². The number of piperidine rings is 1. The lowest BCUT2D eigenvalue weighted by Crippen LogP contribution is -2.24. The summed E-state index contributed by atoms with van der Waals surface area (Å²) >= 11 is 0. The molecule has 1 aromatic carbocycles. The predicted molar refractivity (Wildman–Crippen MR) is 104 cm³/mol. The second-order valence-electron chi connectivity index (χ2n) is 6.62. The summed E-state index contributed by atoms with van der Waals surface area (Å²) in [5.41, 5.74) is 4.20. The van der Waals surface area contributed by atoms with Crippen molar-refractivity contribution in [2.24, 2.45) is 5.10 Å². The van der Waals surface area contributed by atoms with Crippen molar-refractivity contribution in [3.8, 4) is 11.3 Å². The third-order valence-corrected chi connectivity index (χ3v) is 4.60. The molecule has 0 N–H and O–H groups in total. The molecule has 0 spiro atoms. The van der Waals surface area contributed by atoms with Crippen LogP contribution in [0.4, 0.5) is 0 Å². The molecule has 0 radical (unpaired) electrons. The van der Waals surface area contributed by atoms with Crippen LogP contribution in [0.1, 0.15) is 30.4 Å². The summed E-state index contributed by atoms with van der Waals surface area (Å²) in [5, 5.41) is 11.7. The van der Waals surface area contributed by atoms with E-state index < -0.39 is 0 Å². The van der Waals surface area contributed by atoms with Crippen molar-refractivity contribution in [2.75, 3.05) is 13.1 Å². The third-order valence-electron chi connectivity index (χ3n) is 4.60. The van der Waals surface area contributed by atoms with Crippen molar-refractivity contribution in [1.82, 2.24) is 19.8 Å². The molecule has 4 rings (SSSR count). The second kappa shape index (κ2) is 7.95. The van der Waals surface area contributed by atoms with Gasteiger partial charge in [0.1, 0.15) is 5.69 Å². The van der Waals surface area contributed by atoms with Crippen LogP contribution in [0, 0.1) is 0 Å². The Labute approximate surface area is 154 Å². The van der Waals surface area contributed by atoms with Crippen molar-refractivity contribution in [3.63, 3.8) is 0 Å².